The van der Waals surface area contributed by atoms with Gasteiger partial charge in [-0.3, -0.25) is 9.10 Å². The Balaban J connectivity index is 1.77. The Bertz CT molecular complexity index is 1120. The van der Waals surface area contributed by atoms with Crippen LogP contribution in [0.25, 0.3) is 0 Å². The van der Waals surface area contributed by atoms with Gasteiger partial charge in [0, 0.05) is 5.56 Å². The van der Waals surface area contributed by atoms with Crippen LogP contribution in [0.5, 0.6) is 0 Å². The fourth-order valence-corrected chi connectivity index (χ4v) is 3.95. The van der Waals surface area contributed by atoms with Crippen molar-refractivity contribution in [3.63, 3.8) is 0 Å². The molecule has 0 spiro atoms. The first-order valence-corrected chi connectivity index (χ1v) is 11.2. The maximum absolute atomic E-state index is 12.5. The number of hydrogen-bond donors (Lipinski definition) is 1. The van der Waals surface area contributed by atoms with Crippen molar-refractivity contribution in [1.82, 2.24) is 0 Å². The van der Waals surface area contributed by atoms with Crippen molar-refractivity contribution in [2.75, 3.05) is 15.9 Å². The molecule has 0 radical (unpaired) electrons. The number of rotatable bonds is 6. The van der Waals surface area contributed by atoms with Crippen LogP contribution in [0.3, 0.4) is 0 Å². The molecule has 150 valence electrons. The molecule has 1 N–H and O–H groups in total. The summed E-state index contributed by atoms with van der Waals surface area (Å²) in [5, 5.41) is 3.33. The van der Waals surface area contributed by atoms with Gasteiger partial charge in [0.15, 0.2) is 0 Å². The second-order valence-electron chi connectivity index (χ2n) is 6.36. The fourth-order valence-electron chi connectivity index (χ4n) is 2.72. The zero-order chi connectivity index (χ0) is 21.0. The fraction of sp³-hybridized carbons (Fsp3) is 0.0952. The van der Waals surface area contributed by atoms with E-state index in [2.05, 4.69) is 5.32 Å². The van der Waals surface area contributed by atoms with Crippen molar-refractivity contribution < 1.29 is 13.2 Å². The summed E-state index contributed by atoms with van der Waals surface area (Å²) in [4.78, 5) is 12.5. The van der Waals surface area contributed by atoms with Gasteiger partial charge in [0.2, 0.25) is 10.0 Å². The number of anilines is 2. The maximum Gasteiger partial charge on any atom is 0.255 e. The first-order valence-electron chi connectivity index (χ1n) is 8.63. The summed E-state index contributed by atoms with van der Waals surface area (Å²) in [5.41, 5.74) is 2.15. The molecule has 3 aromatic rings. The van der Waals surface area contributed by atoms with E-state index in [1.165, 1.54) is 4.31 Å². The number of benzene rings is 3. The van der Waals surface area contributed by atoms with Gasteiger partial charge in [0.05, 0.1) is 34.2 Å². The highest BCUT2D eigenvalue weighted by Gasteiger charge is 2.18. The Labute approximate surface area is 179 Å². The average Bonchev–Trinajstić information content (AvgIpc) is 2.70. The predicted octanol–water partition coefficient (Wildman–Crippen LogP) is 5.21. The quantitative estimate of drug-likeness (QED) is 0.562. The van der Waals surface area contributed by atoms with Crippen LogP contribution >= 0.6 is 23.2 Å². The first kappa shape index (κ1) is 21.2. The zero-order valence-corrected chi connectivity index (χ0v) is 17.8. The minimum Gasteiger partial charge on any atom is -0.321 e. The van der Waals surface area contributed by atoms with E-state index in [-0.39, 0.29) is 17.5 Å². The van der Waals surface area contributed by atoms with Crippen molar-refractivity contribution in [3.05, 3.63) is 94.0 Å². The molecular formula is C21H18Cl2N2O3S. The van der Waals surface area contributed by atoms with Crippen LogP contribution in [0, 0.1) is 0 Å². The molecule has 0 aliphatic heterocycles. The van der Waals surface area contributed by atoms with Crippen LogP contribution in [-0.2, 0) is 16.6 Å². The van der Waals surface area contributed by atoms with E-state index in [4.69, 9.17) is 23.2 Å². The van der Waals surface area contributed by atoms with Gasteiger partial charge in [-0.15, -0.1) is 0 Å². The van der Waals surface area contributed by atoms with Gasteiger partial charge in [-0.2, -0.15) is 0 Å². The molecule has 0 bridgehead atoms. The second kappa shape index (κ2) is 8.86. The normalized spacial score (nSPS) is 11.1. The monoisotopic (exact) mass is 448 g/mol. The SMILES string of the molecule is CS(=O)(=O)N(Cc1ccc(C(=O)Nc2cccc(Cl)c2Cl)cc1)c1ccccc1. The van der Waals surface area contributed by atoms with Crippen LogP contribution in [0.2, 0.25) is 10.0 Å². The standard InChI is InChI=1S/C21H18Cl2N2O3S/c1-29(27,28)25(17-6-3-2-4-7-17)14-15-10-12-16(13-11-15)21(26)24-19-9-5-8-18(22)20(19)23/h2-13H,14H2,1H3,(H,24,26). The predicted molar refractivity (Wildman–Crippen MR) is 118 cm³/mol. The van der Waals surface area contributed by atoms with Gasteiger partial charge >= 0.3 is 0 Å². The largest absolute Gasteiger partial charge is 0.321 e. The van der Waals surface area contributed by atoms with Crippen LogP contribution in [0.4, 0.5) is 11.4 Å². The smallest absolute Gasteiger partial charge is 0.255 e. The number of nitrogens with zero attached hydrogens (tertiary/aromatic N) is 1. The molecule has 0 fully saturated rings. The van der Waals surface area contributed by atoms with E-state index in [1.54, 1.807) is 66.7 Å². The number of para-hydroxylation sites is 1. The summed E-state index contributed by atoms with van der Waals surface area (Å²) >= 11 is 12.1. The molecule has 0 aliphatic carbocycles. The van der Waals surface area contributed by atoms with Gasteiger partial charge in [-0.25, -0.2) is 8.42 Å². The maximum atomic E-state index is 12.5. The molecule has 5 nitrogen and oxygen atoms in total. The zero-order valence-electron chi connectivity index (χ0n) is 15.5. The van der Waals surface area contributed by atoms with Crippen molar-refractivity contribution >= 4 is 50.5 Å². The third-order valence-corrected chi connectivity index (χ3v) is 6.15. The molecule has 3 aromatic carbocycles. The van der Waals surface area contributed by atoms with Gasteiger partial charge in [-0.05, 0) is 42.0 Å². The second-order valence-corrected chi connectivity index (χ2v) is 9.05. The van der Waals surface area contributed by atoms with E-state index in [1.807, 2.05) is 6.07 Å². The molecule has 0 unspecified atom stereocenters. The Hall–Kier alpha value is -2.54. The molecule has 0 aliphatic rings. The molecule has 29 heavy (non-hydrogen) atoms. The van der Waals surface area contributed by atoms with Crippen LogP contribution in [0.15, 0.2) is 72.8 Å². The highest BCUT2D eigenvalue weighted by atomic mass is 35.5. The minimum absolute atomic E-state index is 0.158. The molecular weight excluding hydrogens is 431 g/mol. The molecule has 0 heterocycles. The topological polar surface area (TPSA) is 66.5 Å². The lowest BCUT2D eigenvalue weighted by molar-refractivity contribution is 0.102. The average molecular weight is 449 g/mol. The van der Waals surface area contributed by atoms with E-state index in [0.717, 1.165) is 11.8 Å². The Kier molecular flexibility index (Phi) is 6.47. The number of carbonyl (C=O) groups is 1. The van der Waals surface area contributed by atoms with Gasteiger partial charge in [0.1, 0.15) is 0 Å². The molecule has 0 saturated carbocycles. The van der Waals surface area contributed by atoms with Crippen molar-refractivity contribution in [2.24, 2.45) is 0 Å². The van der Waals surface area contributed by atoms with E-state index in [9.17, 15) is 13.2 Å². The summed E-state index contributed by atoms with van der Waals surface area (Å²) in [6.07, 6.45) is 1.16. The van der Waals surface area contributed by atoms with E-state index >= 15 is 0 Å². The van der Waals surface area contributed by atoms with E-state index in [0.29, 0.717) is 22.0 Å². The van der Waals surface area contributed by atoms with Crippen molar-refractivity contribution in [1.29, 1.82) is 0 Å². The summed E-state index contributed by atoms with van der Waals surface area (Å²) in [5.74, 6) is -0.344. The van der Waals surface area contributed by atoms with Crippen LogP contribution < -0.4 is 9.62 Å². The van der Waals surface area contributed by atoms with Gasteiger partial charge in [0.25, 0.3) is 5.91 Å². The molecule has 0 atom stereocenters. The highest BCUT2D eigenvalue weighted by Crippen LogP contribution is 2.30. The highest BCUT2D eigenvalue weighted by molar-refractivity contribution is 7.92. The first-order chi connectivity index (χ1) is 13.8. The van der Waals surface area contributed by atoms with Crippen LogP contribution in [0.1, 0.15) is 15.9 Å². The van der Waals surface area contributed by atoms with Gasteiger partial charge < -0.3 is 5.32 Å². The summed E-state index contributed by atoms with van der Waals surface area (Å²) in [6.45, 7) is 0.158. The molecule has 0 aromatic heterocycles. The lowest BCUT2D eigenvalue weighted by atomic mass is 10.1. The third-order valence-electron chi connectivity index (χ3n) is 4.19. The Morgan fingerprint density at radius 1 is 0.931 bits per heavy atom. The summed E-state index contributed by atoms with van der Waals surface area (Å²) in [7, 11) is -3.47. The molecule has 1 amide bonds. The summed E-state index contributed by atoms with van der Waals surface area (Å²) < 4.78 is 25.7. The molecule has 3 rings (SSSR count). The van der Waals surface area contributed by atoms with E-state index < -0.39 is 10.0 Å². The number of carbonyl (C=O) groups excluding carboxylic acids is 1. The lowest BCUT2D eigenvalue weighted by Crippen LogP contribution is -2.29. The summed E-state index contributed by atoms with van der Waals surface area (Å²) in [6, 6.07) is 20.5. The lowest BCUT2D eigenvalue weighted by Gasteiger charge is -2.22. The number of nitrogens with one attached hydrogen (secondary N) is 1. The number of hydrogen-bond acceptors (Lipinski definition) is 3. The Morgan fingerprint density at radius 2 is 1.59 bits per heavy atom. The van der Waals surface area contributed by atoms with Crippen molar-refractivity contribution in [3.8, 4) is 0 Å². The van der Waals surface area contributed by atoms with Gasteiger partial charge in [-0.1, -0.05) is 59.6 Å². The number of sulfonamides is 1. The minimum atomic E-state index is -3.47. The molecule has 0 saturated heterocycles. The van der Waals surface area contributed by atoms with Crippen LogP contribution in [-0.4, -0.2) is 20.6 Å². The number of halogens is 2. The van der Waals surface area contributed by atoms with Crippen molar-refractivity contribution in [2.45, 2.75) is 6.54 Å². The Morgan fingerprint density at radius 3 is 2.21 bits per heavy atom. The third kappa shape index (κ3) is 5.29. The molecule has 8 heteroatoms. The number of amides is 1.